The largest absolute Gasteiger partial charge is 0.338 e. The van der Waals surface area contributed by atoms with Crippen LogP contribution in [0.5, 0.6) is 0 Å². The Hall–Kier alpha value is -2.23. The zero-order chi connectivity index (χ0) is 11.5. The molecule has 17 heavy (non-hydrogen) atoms. The minimum absolute atomic E-state index is 0.731. The van der Waals surface area contributed by atoms with Crippen LogP contribution in [0.15, 0.2) is 30.9 Å². The van der Waals surface area contributed by atoms with E-state index in [1.807, 2.05) is 6.20 Å². The van der Waals surface area contributed by atoms with Crippen LogP contribution in [0.4, 0.5) is 11.5 Å². The Morgan fingerprint density at radius 2 is 1.94 bits per heavy atom. The van der Waals surface area contributed by atoms with Gasteiger partial charge in [0.05, 0.1) is 23.4 Å². The van der Waals surface area contributed by atoms with Gasteiger partial charge >= 0.3 is 0 Å². The van der Waals surface area contributed by atoms with Crippen molar-refractivity contribution in [2.45, 2.75) is 12.8 Å². The molecule has 0 aromatic carbocycles. The van der Waals surface area contributed by atoms with Gasteiger partial charge in [0.2, 0.25) is 0 Å². The highest BCUT2D eigenvalue weighted by Crippen LogP contribution is 2.08. The van der Waals surface area contributed by atoms with Crippen LogP contribution in [0.3, 0.4) is 0 Å². The SMILES string of the molecule is C1=c2cc(Nc3cnccn3)cnc2=CCC1. The minimum atomic E-state index is 0.731. The molecule has 1 aliphatic carbocycles. The van der Waals surface area contributed by atoms with Crippen LogP contribution in [0.1, 0.15) is 12.8 Å². The highest BCUT2D eigenvalue weighted by Gasteiger charge is 1.98. The second kappa shape index (κ2) is 4.33. The molecule has 2 aromatic rings. The third-order valence-corrected chi connectivity index (χ3v) is 2.65. The van der Waals surface area contributed by atoms with Gasteiger partial charge in [0.15, 0.2) is 0 Å². The summed E-state index contributed by atoms with van der Waals surface area (Å²) < 4.78 is 0. The van der Waals surface area contributed by atoms with E-state index in [4.69, 9.17) is 0 Å². The van der Waals surface area contributed by atoms with E-state index >= 15 is 0 Å². The maximum Gasteiger partial charge on any atom is 0.148 e. The summed E-state index contributed by atoms with van der Waals surface area (Å²) in [6.07, 6.45) is 13.4. The molecule has 0 aliphatic heterocycles. The molecule has 0 saturated carbocycles. The van der Waals surface area contributed by atoms with E-state index in [2.05, 4.69) is 38.5 Å². The molecule has 4 heteroatoms. The van der Waals surface area contributed by atoms with Crippen LogP contribution < -0.4 is 15.9 Å². The first-order valence-electron chi connectivity index (χ1n) is 5.61. The van der Waals surface area contributed by atoms with Crippen LogP contribution in [0.2, 0.25) is 0 Å². The normalized spacial score (nSPS) is 13.2. The Morgan fingerprint density at radius 1 is 1.00 bits per heavy atom. The molecule has 0 bridgehead atoms. The number of hydrogen-bond donors (Lipinski definition) is 1. The molecule has 1 N–H and O–H groups in total. The number of nitrogens with one attached hydrogen (secondary N) is 1. The quantitative estimate of drug-likeness (QED) is 0.825. The first-order chi connectivity index (χ1) is 8.42. The van der Waals surface area contributed by atoms with Crippen molar-refractivity contribution in [2.75, 3.05) is 5.32 Å². The van der Waals surface area contributed by atoms with Crippen molar-refractivity contribution in [3.05, 3.63) is 41.4 Å². The minimum Gasteiger partial charge on any atom is -0.338 e. The summed E-state index contributed by atoms with van der Waals surface area (Å²) in [7, 11) is 0. The van der Waals surface area contributed by atoms with Crippen LogP contribution in [-0.4, -0.2) is 15.0 Å². The van der Waals surface area contributed by atoms with Crippen LogP contribution in [-0.2, 0) is 0 Å². The Labute approximate surface area is 98.8 Å². The summed E-state index contributed by atoms with van der Waals surface area (Å²) in [5.74, 6) is 0.731. The summed E-state index contributed by atoms with van der Waals surface area (Å²) >= 11 is 0. The second-order valence-corrected chi connectivity index (χ2v) is 3.90. The van der Waals surface area contributed by atoms with Gasteiger partial charge in [-0.1, -0.05) is 12.2 Å². The highest BCUT2D eigenvalue weighted by atomic mass is 15.0. The summed E-state index contributed by atoms with van der Waals surface area (Å²) in [4.78, 5) is 12.6. The first kappa shape index (κ1) is 9.96. The lowest BCUT2D eigenvalue weighted by molar-refractivity contribution is 1.08. The standard InChI is InChI=1S/C13H12N4/c1-2-4-12-10(3-1)7-11(8-16-12)17-13-9-14-5-6-15-13/h3-9H,1-2H2,(H,15,17). The van der Waals surface area contributed by atoms with E-state index < -0.39 is 0 Å². The monoisotopic (exact) mass is 224 g/mol. The molecule has 0 unspecified atom stereocenters. The zero-order valence-electron chi connectivity index (χ0n) is 9.30. The molecule has 0 spiro atoms. The lowest BCUT2D eigenvalue weighted by atomic mass is 10.1. The van der Waals surface area contributed by atoms with Crippen LogP contribution >= 0.6 is 0 Å². The van der Waals surface area contributed by atoms with Gasteiger partial charge in [-0.15, -0.1) is 0 Å². The third kappa shape index (κ3) is 2.15. The van der Waals surface area contributed by atoms with Crippen molar-refractivity contribution in [3.8, 4) is 0 Å². The Kier molecular flexibility index (Phi) is 2.54. The zero-order valence-corrected chi connectivity index (χ0v) is 9.30. The lowest BCUT2D eigenvalue weighted by Crippen LogP contribution is -2.29. The number of aromatic nitrogens is 3. The lowest BCUT2D eigenvalue weighted by Gasteiger charge is -2.05. The Balaban J connectivity index is 1.96. The van der Waals surface area contributed by atoms with Gasteiger partial charge in [0, 0.05) is 12.4 Å². The van der Waals surface area contributed by atoms with Gasteiger partial charge in [-0.25, -0.2) is 4.98 Å². The predicted octanol–water partition coefficient (Wildman–Crippen LogP) is 0.970. The van der Waals surface area contributed by atoms with Gasteiger partial charge in [-0.05, 0) is 24.1 Å². The molecule has 2 aromatic heterocycles. The summed E-state index contributed by atoms with van der Waals surface area (Å²) in [5, 5.41) is 5.44. The number of rotatable bonds is 2. The molecule has 1 aliphatic rings. The van der Waals surface area contributed by atoms with Gasteiger partial charge in [0.1, 0.15) is 5.82 Å². The molecule has 84 valence electrons. The van der Waals surface area contributed by atoms with Gasteiger partial charge in [0.25, 0.3) is 0 Å². The summed E-state index contributed by atoms with van der Waals surface area (Å²) in [5.41, 5.74) is 0.941. The Morgan fingerprint density at radius 3 is 2.82 bits per heavy atom. The maximum absolute atomic E-state index is 4.42. The van der Waals surface area contributed by atoms with Crippen molar-refractivity contribution in [1.82, 2.24) is 15.0 Å². The number of pyridine rings is 1. The fraction of sp³-hybridized carbons (Fsp3) is 0.154. The van der Waals surface area contributed by atoms with E-state index in [1.54, 1.807) is 18.6 Å². The molecule has 4 nitrogen and oxygen atoms in total. The van der Waals surface area contributed by atoms with Gasteiger partial charge in [-0.2, -0.15) is 0 Å². The average Bonchev–Trinajstić information content (AvgIpc) is 2.40. The van der Waals surface area contributed by atoms with Crippen molar-refractivity contribution in [2.24, 2.45) is 0 Å². The molecule has 0 radical (unpaired) electrons. The van der Waals surface area contributed by atoms with E-state index in [1.165, 1.54) is 5.22 Å². The average molecular weight is 224 g/mol. The van der Waals surface area contributed by atoms with Crippen molar-refractivity contribution in [3.63, 3.8) is 0 Å². The maximum atomic E-state index is 4.42. The van der Waals surface area contributed by atoms with E-state index in [-0.39, 0.29) is 0 Å². The van der Waals surface area contributed by atoms with E-state index in [0.717, 1.165) is 29.7 Å². The van der Waals surface area contributed by atoms with E-state index in [9.17, 15) is 0 Å². The molecule has 0 atom stereocenters. The number of hydrogen-bond acceptors (Lipinski definition) is 4. The summed E-state index contributed by atoms with van der Waals surface area (Å²) in [6.45, 7) is 0. The molecule has 3 rings (SSSR count). The highest BCUT2D eigenvalue weighted by molar-refractivity contribution is 5.55. The molecule has 0 fully saturated rings. The van der Waals surface area contributed by atoms with Crippen LogP contribution in [0.25, 0.3) is 12.2 Å². The predicted molar refractivity (Wildman–Crippen MR) is 67.0 cm³/mol. The molecule has 2 heterocycles. The first-order valence-corrected chi connectivity index (χ1v) is 5.61. The van der Waals surface area contributed by atoms with Gasteiger partial charge in [-0.3, -0.25) is 9.97 Å². The van der Waals surface area contributed by atoms with Crippen LogP contribution in [0, 0.1) is 0 Å². The van der Waals surface area contributed by atoms with Crippen molar-refractivity contribution >= 4 is 23.7 Å². The van der Waals surface area contributed by atoms with E-state index in [0.29, 0.717) is 0 Å². The topological polar surface area (TPSA) is 50.7 Å². The fourth-order valence-corrected chi connectivity index (χ4v) is 1.87. The fourth-order valence-electron chi connectivity index (χ4n) is 1.87. The number of fused-ring (bicyclic) bond motifs is 1. The summed E-state index contributed by atoms with van der Waals surface area (Å²) in [6, 6.07) is 2.09. The Bertz CT molecular complexity index is 634. The molecule has 0 amide bonds. The van der Waals surface area contributed by atoms with Gasteiger partial charge < -0.3 is 5.32 Å². The smallest absolute Gasteiger partial charge is 0.148 e. The molecule has 0 saturated heterocycles. The third-order valence-electron chi connectivity index (χ3n) is 2.65. The number of nitrogens with zero attached hydrogens (tertiary/aromatic N) is 3. The molecular formula is C13H12N4. The van der Waals surface area contributed by atoms with Crippen molar-refractivity contribution in [1.29, 1.82) is 0 Å². The second-order valence-electron chi connectivity index (χ2n) is 3.90. The molecular weight excluding hydrogens is 212 g/mol. The number of anilines is 2. The van der Waals surface area contributed by atoms with Crippen molar-refractivity contribution < 1.29 is 0 Å².